The lowest BCUT2D eigenvalue weighted by atomic mass is 9.98. The average Bonchev–Trinajstić information content (AvgIpc) is 2.84. The summed E-state index contributed by atoms with van der Waals surface area (Å²) >= 11 is 6.34. The third kappa shape index (κ3) is 2.52. The molecule has 0 amide bonds. The molecular formula is C16H17ClN4. The van der Waals surface area contributed by atoms with E-state index >= 15 is 0 Å². The molecule has 2 heterocycles. The number of aryl methyl sites for hydroxylation is 1. The topological polar surface area (TPSA) is 42.7 Å². The maximum Gasteiger partial charge on any atom is 0.0837 e. The number of pyridine rings is 1. The van der Waals surface area contributed by atoms with Gasteiger partial charge in [-0.3, -0.25) is 9.67 Å². The second kappa shape index (κ2) is 5.84. The van der Waals surface area contributed by atoms with Crippen molar-refractivity contribution in [2.75, 3.05) is 6.54 Å². The van der Waals surface area contributed by atoms with Crippen LogP contribution < -0.4 is 5.32 Å². The summed E-state index contributed by atoms with van der Waals surface area (Å²) in [6.45, 7) is 2.92. The molecule has 1 aromatic carbocycles. The fourth-order valence-corrected chi connectivity index (χ4v) is 2.96. The Morgan fingerprint density at radius 2 is 2.14 bits per heavy atom. The molecule has 0 bridgehead atoms. The van der Waals surface area contributed by atoms with Crippen LogP contribution in [0.3, 0.4) is 0 Å². The summed E-state index contributed by atoms with van der Waals surface area (Å²) in [5, 5.41) is 9.55. The number of nitrogens with zero attached hydrogens (tertiary/aromatic N) is 3. The van der Waals surface area contributed by atoms with Crippen LogP contribution in [0.15, 0.2) is 42.7 Å². The Hall–Kier alpha value is -1.91. The van der Waals surface area contributed by atoms with Crippen molar-refractivity contribution in [2.24, 2.45) is 7.05 Å². The molecule has 0 spiro atoms. The number of hydrogen-bond acceptors (Lipinski definition) is 3. The molecule has 4 nitrogen and oxygen atoms in total. The van der Waals surface area contributed by atoms with Crippen molar-refractivity contribution >= 4 is 22.5 Å². The Morgan fingerprint density at radius 3 is 2.86 bits per heavy atom. The van der Waals surface area contributed by atoms with Crippen molar-refractivity contribution in [3.05, 3.63) is 59.0 Å². The Kier molecular flexibility index (Phi) is 3.90. The van der Waals surface area contributed by atoms with Gasteiger partial charge < -0.3 is 5.32 Å². The highest BCUT2D eigenvalue weighted by molar-refractivity contribution is 6.31. The molecule has 3 aromatic rings. The number of hydrogen-bond donors (Lipinski definition) is 1. The van der Waals surface area contributed by atoms with Gasteiger partial charge in [0.05, 0.1) is 28.5 Å². The van der Waals surface area contributed by atoms with Crippen molar-refractivity contribution in [3.63, 3.8) is 0 Å². The fraction of sp³-hybridized carbons (Fsp3) is 0.250. The van der Waals surface area contributed by atoms with Crippen molar-refractivity contribution < 1.29 is 0 Å². The molecule has 3 rings (SSSR count). The van der Waals surface area contributed by atoms with E-state index in [1.54, 1.807) is 6.20 Å². The standard InChI is InChI=1S/C16H17ClN4/c1-3-18-15(16-13(17)10-20-21(16)2)12-6-4-8-14-11(12)7-5-9-19-14/h4-10,15,18H,3H2,1-2H3. The van der Waals surface area contributed by atoms with Crippen LogP contribution in [0.5, 0.6) is 0 Å². The van der Waals surface area contributed by atoms with Crippen LogP contribution >= 0.6 is 11.6 Å². The molecule has 5 heteroatoms. The lowest BCUT2D eigenvalue weighted by molar-refractivity contribution is 0.575. The smallest absolute Gasteiger partial charge is 0.0837 e. The minimum Gasteiger partial charge on any atom is -0.305 e. The van der Waals surface area contributed by atoms with E-state index in [1.165, 1.54) is 0 Å². The largest absolute Gasteiger partial charge is 0.305 e. The zero-order valence-electron chi connectivity index (χ0n) is 12.0. The SMILES string of the molecule is CCNC(c1cccc2ncccc12)c1c(Cl)cnn1C. The van der Waals surface area contributed by atoms with Crippen molar-refractivity contribution in [3.8, 4) is 0 Å². The third-order valence-electron chi connectivity index (χ3n) is 3.61. The lowest BCUT2D eigenvalue weighted by Crippen LogP contribution is -2.24. The van der Waals surface area contributed by atoms with Gasteiger partial charge in [0.25, 0.3) is 0 Å². The first kappa shape index (κ1) is 14.0. The minimum absolute atomic E-state index is 0.0112. The van der Waals surface area contributed by atoms with E-state index in [4.69, 9.17) is 11.6 Å². The van der Waals surface area contributed by atoms with E-state index in [9.17, 15) is 0 Å². The number of fused-ring (bicyclic) bond motifs is 1. The number of nitrogens with one attached hydrogen (secondary N) is 1. The van der Waals surface area contributed by atoms with Crippen LogP contribution in [-0.4, -0.2) is 21.3 Å². The Balaban J connectivity index is 2.21. The van der Waals surface area contributed by atoms with Gasteiger partial charge in [0, 0.05) is 18.6 Å². The predicted molar refractivity (Wildman–Crippen MR) is 85.5 cm³/mol. The van der Waals surface area contributed by atoms with E-state index in [0.29, 0.717) is 5.02 Å². The van der Waals surface area contributed by atoms with E-state index < -0.39 is 0 Å². The van der Waals surface area contributed by atoms with Gasteiger partial charge in [-0.25, -0.2) is 0 Å². The molecule has 21 heavy (non-hydrogen) atoms. The van der Waals surface area contributed by atoms with Crippen LogP contribution in [0, 0.1) is 0 Å². The first-order valence-electron chi connectivity index (χ1n) is 6.96. The van der Waals surface area contributed by atoms with E-state index in [1.807, 2.05) is 36.1 Å². The highest BCUT2D eigenvalue weighted by atomic mass is 35.5. The van der Waals surface area contributed by atoms with Gasteiger partial charge in [-0.15, -0.1) is 0 Å². The van der Waals surface area contributed by atoms with E-state index in [0.717, 1.165) is 28.7 Å². The lowest BCUT2D eigenvalue weighted by Gasteiger charge is -2.21. The summed E-state index contributed by atoms with van der Waals surface area (Å²) in [4.78, 5) is 4.43. The number of rotatable bonds is 4. The molecular weight excluding hydrogens is 284 g/mol. The second-order valence-electron chi connectivity index (χ2n) is 4.91. The zero-order chi connectivity index (χ0) is 14.8. The van der Waals surface area contributed by atoms with Gasteiger partial charge in [0.2, 0.25) is 0 Å². The van der Waals surface area contributed by atoms with Crippen molar-refractivity contribution in [1.29, 1.82) is 0 Å². The van der Waals surface area contributed by atoms with Crippen LogP contribution in [0.25, 0.3) is 10.9 Å². The third-order valence-corrected chi connectivity index (χ3v) is 3.90. The molecule has 108 valence electrons. The molecule has 0 aliphatic heterocycles. The molecule has 1 atom stereocenters. The van der Waals surface area contributed by atoms with Gasteiger partial charge in [-0.2, -0.15) is 5.10 Å². The molecule has 1 unspecified atom stereocenters. The number of halogens is 1. The van der Waals surface area contributed by atoms with Crippen LogP contribution in [0.4, 0.5) is 0 Å². The maximum atomic E-state index is 6.34. The van der Waals surface area contributed by atoms with Crippen molar-refractivity contribution in [2.45, 2.75) is 13.0 Å². The average molecular weight is 301 g/mol. The van der Waals surface area contributed by atoms with Gasteiger partial charge >= 0.3 is 0 Å². The quantitative estimate of drug-likeness (QED) is 0.804. The van der Waals surface area contributed by atoms with E-state index in [2.05, 4.69) is 34.5 Å². The first-order valence-corrected chi connectivity index (χ1v) is 7.34. The molecule has 1 N–H and O–H groups in total. The van der Waals surface area contributed by atoms with Gasteiger partial charge in [0.1, 0.15) is 0 Å². The Labute approximate surface area is 128 Å². The molecule has 0 saturated heterocycles. The summed E-state index contributed by atoms with van der Waals surface area (Å²) in [5.74, 6) is 0. The fourth-order valence-electron chi connectivity index (χ4n) is 2.68. The predicted octanol–water partition coefficient (Wildman–Crippen LogP) is 3.32. The van der Waals surface area contributed by atoms with Gasteiger partial charge in [-0.05, 0) is 24.2 Å². The Bertz CT molecular complexity index is 741. The van der Waals surface area contributed by atoms with Crippen LogP contribution in [0.1, 0.15) is 24.2 Å². The summed E-state index contributed by atoms with van der Waals surface area (Å²) in [7, 11) is 1.91. The highest BCUT2D eigenvalue weighted by Gasteiger charge is 2.22. The first-order chi connectivity index (χ1) is 10.2. The normalized spacial score (nSPS) is 12.7. The molecule has 0 aliphatic rings. The molecule has 2 aromatic heterocycles. The zero-order valence-corrected chi connectivity index (χ0v) is 12.8. The summed E-state index contributed by atoms with van der Waals surface area (Å²) in [6.07, 6.45) is 3.50. The molecule has 0 radical (unpaired) electrons. The van der Waals surface area contributed by atoms with Crippen LogP contribution in [0.2, 0.25) is 5.02 Å². The Morgan fingerprint density at radius 1 is 1.29 bits per heavy atom. The van der Waals surface area contributed by atoms with Gasteiger partial charge in [-0.1, -0.05) is 36.7 Å². The molecule has 0 aliphatic carbocycles. The maximum absolute atomic E-state index is 6.34. The summed E-state index contributed by atoms with van der Waals surface area (Å²) in [5.41, 5.74) is 3.11. The van der Waals surface area contributed by atoms with Crippen LogP contribution in [-0.2, 0) is 7.05 Å². The summed E-state index contributed by atoms with van der Waals surface area (Å²) in [6, 6.07) is 10.2. The molecule has 0 fully saturated rings. The molecule has 0 saturated carbocycles. The second-order valence-corrected chi connectivity index (χ2v) is 5.32. The van der Waals surface area contributed by atoms with Gasteiger partial charge in [0.15, 0.2) is 0 Å². The number of benzene rings is 1. The highest BCUT2D eigenvalue weighted by Crippen LogP contribution is 2.31. The summed E-state index contributed by atoms with van der Waals surface area (Å²) < 4.78 is 1.82. The van der Waals surface area contributed by atoms with Crippen molar-refractivity contribution in [1.82, 2.24) is 20.1 Å². The van der Waals surface area contributed by atoms with E-state index in [-0.39, 0.29) is 6.04 Å². The minimum atomic E-state index is -0.0112. The number of aromatic nitrogens is 3. The monoisotopic (exact) mass is 300 g/mol.